The number of hydrogen-bond donors (Lipinski definition) is 6. The van der Waals surface area contributed by atoms with Crippen LogP contribution in [0.3, 0.4) is 0 Å². The molecular weight excluding hydrogens is 955 g/mol. The average Bonchev–Trinajstić information content (AvgIpc) is 3.42. The van der Waals surface area contributed by atoms with E-state index >= 15 is 0 Å². The smallest absolute Gasteiger partial charge is 0.305 e. The number of nitrogens with one attached hydrogen (secondary N) is 1. The van der Waals surface area contributed by atoms with E-state index in [9.17, 15) is 35.1 Å². The summed E-state index contributed by atoms with van der Waals surface area (Å²) in [6, 6.07) is -0.807. The standard InChI is InChI=1S/C65H121NO10/c1-3-5-7-9-11-13-14-15-30-33-37-41-45-49-53-61(70)74-54-50-46-42-38-34-31-28-26-24-22-20-18-16-17-19-21-23-25-27-29-32-36-40-44-48-52-60(69)66-57(58(68)51-47-43-39-35-12-10-8-6-4-2)56-75-65-64(73)63(72)62(71)59(55-67)76-65/h9,11,14-15,47,51,57-59,62-65,67-68,71-73H,3-8,10,12-13,16-46,48-50,52-56H2,1-2H3,(H,66,69)/b11-9-,15-14-,51-47+. The zero-order valence-corrected chi connectivity index (χ0v) is 49.2. The van der Waals surface area contributed by atoms with Gasteiger partial charge in [0.1, 0.15) is 24.4 Å². The van der Waals surface area contributed by atoms with Crippen LogP contribution in [0.4, 0.5) is 0 Å². The molecule has 0 aliphatic carbocycles. The highest BCUT2D eigenvalue weighted by Crippen LogP contribution is 2.23. The molecule has 0 bridgehead atoms. The van der Waals surface area contributed by atoms with Crippen molar-refractivity contribution < 1.29 is 49.3 Å². The van der Waals surface area contributed by atoms with Gasteiger partial charge in [0.15, 0.2) is 6.29 Å². The Bertz CT molecular complexity index is 1360. The van der Waals surface area contributed by atoms with Gasteiger partial charge in [0, 0.05) is 12.8 Å². The van der Waals surface area contributed by atoms with Crippen LogP contribution in [0.5, 0.6) is 0 Å². The Balaban J connectivity index is 1.95. The van der Waals surface area contributed by atoms with Gasteiger partial charge < -0.3 is 45.1 Å². The number of rotatable bonds is 56. The zero-order chi connectivity index (χ0) is 55.2. The van der Waals surface area contributed by atoms with Gasteiger partial charge in [-0.3, -0.25) is 9.59 Å². The molecule has 1 aliphatic heterocycles. The summed E-state index contributed by atoms with van der Waals surface area (Å²) >= 11 is 0. The molecule has 0 spiro atoms. The number of carbonyl (C=O) groups is 2. The molecule has 7 unspecified atom stereocenters. The first kappa shape index (κ1) is 71.9. The summed E-state index contributed by atoms with van der Waals surface area (Å²) in [6.07, 6.45) is 58.4. The lowest BCUT2D eigenvalue weighted by molar-refractivity contribution is -0.302. The maximum absolute atomic E-state index is 13.0. The minimum absolute atomic E-state index is 0.00895. The second kappa shape index (κ2) is 54.8. The number of aliphatic hydroxyl groups is 5. The predicted molar refractivity (Wildman–Crippen MR) is 315 cm³/mol. The van der Waals surface area contributed by atoms with E-state index < -0.39 is 49.5 Å². The highest BCUT2D eigenvalue weighted by Gasteiger charge is 2.44. The van der Waals surface area contributed by atoms with Crippen LogP contribution in [0.15, 0.2) is 36.5 Å². The fourth-order valence-electron chi connectivity index (χ4n) is 10.1. The van der Waals surface area contributed by atoms with Gasteiger partial charge in [-0.1, -0.05) is 269 Å². The molecule has 1 aliphatic rings. The van der Waals surface area contributed by atoms with Crippen LogP contribution < -0.4 is 5.32 Å². The first-order valence-electron chi connectivity index (χ1n) is 32.3. The second-order valence-electron chi connectivity index (χ2n) is 22.5. The molecule has 1 heterocycles. The van der Waals surface area contributed by atoms with Crippen molar-refractivity contribution in [2.24, 2.45) is 0 Å². The fraction of sp³-hybridized carbons (Fsp3) is 0.877. The molecule has 1 saturated heterocycles. The van der Waals surface area contributed by atoms with Gasteiger partial charge in [0.05, 0.1) is 32.0 Å². The van der Waals surface area contributed by atoms with E-state index in [0.29, 0.717) is 19.4 Å². The topological polar surface area (TPSA) is 175 Å². The molecule has 0 aromatic carbocycles. The first-order chi connectivity index (χ1) is 37.2. The minimum atomic E-state index is -1.57. The molecule has 7 atom stereocenters. The highest BCUT2D eigenvalue weighted by atomic mass is 16.7. The van der Waals surface area contributed by atoms with E-state index in [1.807, 2.05) is 6.08 Å². The van der Waals surface area contributed by atoms with Crippen molar-refractivity contribution in [1.82, 2.24) is 5.32 Å². The second-order valence-corrected chi connectivity index (χ2v) is 22.5. The lowest BCUT2D eigenvalue weighted by atomic mass is 9.99. The van der Waals surface area contributed by atoms with E-state index in [-0.39, 0.29) is 18.5 Å². The van der Waals surface area contributed by atoms with Gasteiger partial charge in [0.2, 0.25) is 5.91 Å². The molecule has 1 rings (SSSR count). The normalized spacial score (nSPS) is 18.9. The molecule has 1 amide bonds. The maximum atomic E-state index is 13.0. The van der Waals surface area contributed by atoms with E-state index in [1.54, 1.807) is 6.08 Å². The summed E-state index contributed by atoms with van der Waals surface area (Å²) in [7, 11) is 0. The van der Waals surface area contributed by atoms with Crippen LogP contribution in [0.2, 0.25) is 0 Å². The average molecular weight is 1080 g/mol. The summed E-state index contributed by atoms with van der Waals surface area (Å²) in [5.41, 5.74) is 0. The highest BCUT2D eigenvalue weighted by molar-refractivity contribution is 5.76. The molecule has 11 heteroatoms. The third-order valence-electron chi connectivity index (χ3n) is 15.2. The Morgan fingerprint density at radius 2 is 0.895 bits per heavy atom. The van der Waals surface area contributed by atoms with Gasteiger partial charge in [-0.2, -0.15) is 0 Å². The van der Waals surface area contributed by atoms with E-state index in [0.717, 1.165) is 64.2 Å². The molecule has 0 radical (unpaired) electrons. The van der Waals surface area contributed by atoms with Gasteiger partial charge >= 0.3 is 5.97 Å². The van der Waals surface area contributed by atoms with Gasteiger partial charge in [-0.15, -0.1) is 0 Å². The van der Waals surface area contributed by atoms with Crippen LogP contribution in [-0.4, -0.2) is 100 Å². The molecule has 11 nitrogen and oxygen atoms in total. The number of esters is 1. The summed E-state index contributed by atoms with van der Waals surface area (Å²) in [5, 5.41) is 54.2. The Hall–Kier alpha value is -2.12. The van der Waals surface area contributed by atoms with Crippen LogP contribution in [0.1, 0.15) is 303 Å². The van der Waals surface area contributed by atoms with Gasteiger partial charge in [-0.05, 0) is 57.8 Å². The number of aliphatic hydroxyl groups excluding tert-OH is 5. The van der Waals surface area contributed by atoms with Crippen molar-refractivity contribution in [3.63, 3.8) is 0 Å². The van der Waals surface area contributed by atoms with Crippen molar-refractivity contribution >= 4 is 11.9 Å². The molecule has 0 aromatic rings. The summed E-state index contributed by atoms with van der Waals surface area (Å²) in [5.74, 6) is -0.191. The fourth-order valence-corrected chi connectivity index (χ4v) is 10.1. The molecule has 446 valence electrons. The largest absolute Gasteiger partial charge is 0.466 e. The lowest BCUT2D eigenvalue weighted by Gasteiger charge is -2.40. The SMILES string of the molecule is CCCC/C=C\C/C=C\CCCCCCCC(=O)OCCCCCCCCCCCCCCCCCCCCCCCCCCCC(=O)NC(COC1OC(CO)C(O)C(O)C1O)C(O)/C=C/CCCCCCCCC. The van der Waals surface area contributed by atoms with Crippen molar-refractivity contribution in [1.29, 1.82) is 0 Å². The Morgan fingerprint density at radius 1 is 0.487 bits per heavy atom. The van der Waals surface area contributed by atoms with Crippen molar-refractivity contribution in [3.05, 3.63) is 36.5 Å². The third kappa shape index (κ3) is 43.7. The van der Waals surface area contributed by atoms with Crippen LogP contribution in [0, 0.1) is 0 Å². The number of allylic oxidation sites excluding steroid dienone is 5. The van der Waals surface area contributed by atoms with E-state index in [4.69, 9.17) is 14.2 Å². The van der Waals surface area contributed by atoms with Crippen LogP contribution in [0.25, 0.3) is 0 Å². The molecule has 6 N–H and O–H groups in total. The monoisotopic (exact) mass is 1080 g/mol. The predicted octanol–water partition coefficient (Wildman–Crippen LogP) is 15.5. The summed E-state index contributed by atoms with van der Waals surface area (Å²) in [6.45, 7) is 4.28. The summed E-state index contributed by atoms with van der Waals surface area (Å²) < 4.78 is 16.7. The molecule has 76 heavy (non-hydrogen) atoms. The first-order valence-corrected chi connectivity index (χ1v) is 32.3. The Morgan fingerprint density at radius 3 is 1.37 bits per heavy atom. The Labute approximate surface area is 466 Å². The van der Waals surface area contributed by atoms with Gasteiger partial charge in [-0.25, -0.2) is 0 Å². The zero-order valence-electron chi connectivity index (χ0n) is 49.2. The number of hydrogen-bond acceptors (Lipinski definition) is 10. The van der Waals surface area contributed by atoms with Crippen molar-refractivity contribution in [3.8, 4) is 0 Å². The number of amides is 1. The number of carbonyl (C=O) groups excluding carboxylic acids is 2. The van der Waals surface area contributed by atoms with E-state index in [1.165, 1.54) is 212 Å². The van der Waals surface area contributed by atoms with Crippen molar-refractivity contribution in [2.75, 3.05) is 19.8 Å². The molecule has 0 saturated carbocycles. The third-order valence-corrected chi connectivity index (χ3v) is 15.2. The molecule has 1 fully saturated rings. The Kier molecular flexibility index (Phi) is 51.9. The number of unbranched alkanes of at least 4 members (excludes halogenated alkanes) is 38. The summed E-state index contributed by atoms with van der Waals surface area (Å²) in [4.78, 5) is 25.1. The van der Waals surface area contributed by atoms with Gasteiger partial charge in [0.25, 0.3) is 0 Å². The quantitative estimate of drug-likeness (QED) is 0.0195. The maximum Gasteiger partial charge on any atom is 0.305 e. The minimum Gasteiger partial charge on any atom is -0.466 e. The van der Waals surface area contributed by atoms with Crippen molar-refractivity contribution in [2.45, 2.75) is 346 Å². The molecule has 0 aromatic heterocycles. The number of ether oxygens (including phenoxy) is 3. The molecular formula is C65H121NO10. The van der Waals surface area contributed by atoms with Crippen LogP contribution in [-0.2, 0) is 23.8 Å². The van der Waals surface area contributed by atoms with Crippen LogP contribution >= 0.6 is 0 Å². The lowest BCUT2D eigenvalue weighted by Crippen LogP contribution is -2.60. The van der Waals surface area contributed by atoms with E-state index in [2.05, 4.69) is 43.5 Å².